The molecule has 0 unspecified atom stereocenters. The molecule has 0 spiro atoms. The molecular formula is C26H29FN2O3S. The summed E-state index contributed by atoms with van der Waals surface area (Å²) in [4.78, 5) is 16.5. The van der Waals surface area contributed by atoms with E-state index < -0.39 is 0 Å². The monoisotopic (exact) mass is 468 g/mol. The maximum atomic E-state index is 13.1. The van der Waals surface area contributed by atoms with E-state index in [1.54, 1.807) is 18.2 Å². The van der Waals surface area contributed by atoms with Crippen molar-refractivity contribution < 1.29 is 18.7 Å². The van der Waals surface area contributed by atoms with E-state index in [2.05, 4.69) is 17.3 Å². The van der Waals surface area contributed by atoms with Crippen molar-refractivity contribution in [3.63, 3.8) is 0 Å². The third-order valence-corrected chi connectivity index (χ3v) is 6.97. The Morgan fingerprint density at radius 2 is 1.94 bits per heavy atom. The Morgan fingerprint density at radius 3 is 2.73 bits per heavy atom. The number of thiophene rings is 1. The van der Waals surface area contributed by atoms with Gasteiger partial charge >= 0.3 is 0 Å². The molecule has 3 aromatic rings. The Labute approximate surface area is 198 Å². The zero-order valence-electron chi connectivity index (χ0n) is 18.8. The number of ether oxygens (including phenoxy) is 2. The van der Waals surface area contributed by atoms with Crippen LogP contribution in [0.25, 0.3) is 10.4 Å². The van der Waals surface area contributed by atoms with E-state index in [0.717, 1.165) is 54.4 Å². The van der Waals surface area contributed by atoms with Gasteiger partial charge in [-0.05, 0) is 67.4 Å². The summed E-state index contributed by atoms with van der Waals surface area (Å²) in [6, 6.07) is 18.3. The fraction of sp³-hybridized carbons (Fsp3) is 0.346. The summed E-state index contributed by atoms with van der Waals surface area (Å²) in [7, 11) is 2.14. The second-order valence-corrected chi connectivity index (χ2v) is 9.26. The summed E-state index contributed by atoms with van der Waals surface area (Å²) >= 11 is 1.39. The predicted octanol–water partition coefficient (Wildman–Crippen LogP) is 4.97. The number of carbonyl (C=O) groups excluding carboxylic acids is 1. The average molecular weight is 469 g/mol. The smallest absolute Gasteiger partial charge is 0.261 e. The van der Waals surface area contributed by atoms with Crippen molar-refractivity contribution in [2.45, 2.75) is 25.4 Å². The van der Waals surface area contributed by atoms with Crippen molar-refractivity contribution in [1.29, 1.82) is 0 Å². The number of hydrogen-bond acceptors (Lipinski definition) is 5. The van der Waals surface area contributed by atoms with Crippen molar-refractivity contribution >= 4 is 17.2 Å². The lowest BCUT2D eigenvalue weighted by atomic mass is 10.1. The Kier molecular flexibility index (Phi) is 8.10. The highest BCUT2D eigenvalue weighted by Gasteiger charge is 2.18. The van der Waals surface area contributed by atoms with Gasteiger partial charge in [-0.3, -0.25) is 9.69 Å². The highest BCUT2D eigenvalue weighted by molar-refractivity contribution is 7.17. The van der Waals surface area contributed by atoms with Crippen LogP contribution < -0.4 is 10.1 Å². The van der Waals surface area contributed by atoms with Crippen LogP contribution in [-0.2, 0) is 11.3 Å². The van der Waals surface area contributed by atoms with Crippen molar-refractivity contribution in [3.8, 4) is 16.2 Å². The SMILES string of the molecule is CN(CCOc1cccc(CNC(=O)c2ccc(-c3ccc(F)cc3)s2)c1)C1CCOCC1. The lowest BCUT2D eigenvalue weighted by Crippen LogP contribution is -2.38. The molecule has 1 aromatic heterocycles. The highest BCUT2D eigenvalue weighted by atomic mass is 32.1. The lowest BCUT2D eigenvalue weighted by molar-refractivity contribution is 0.0392. The Morgan fingerprint density at radius 1 is 1.15 bits per heavy atom. The molecule has 1 N–H and O–H groups in total. The highest BCUT2D eigenvalue weighted by Crippen LogP contribution is 2.28. The number of likely N-dealkylation sites (N-methyl/N-ethyl adjacent to an activating group) is 1. The van der Waals surface area contributed by atoms with Gasteiger partial charge < -0.3 is 14.8 Å². The molecule has 1 aliphatic heterocycles. The Bertz CT molecular complexity index is 1050. The molecule has 174 valence electrons. The first-order valence-corrected chi connectivity index (χ1v) is 12.0. The second kappa shape index (κ2) is 11.4. The number of rotatable bonds is 9. The van der Waals surface area contributed by atoms with Crippen LogP contribution in [0.4, 0.5) is 4.39 Å². The van der Waals surface area contributed by atoms with Crippen molar-refractivity contribution in [2.75, 3.05) is 33.4 Å². The zero-order chi connectivity index (χ0) is 23.0. The van der Waals surface area contributed by atoms with Gasteiger partial charge in [0.1, 0.15) is 18.2 Å². The largest absolute Gasteiger partial charge is 0.492 e. The number of amides is 1. The number of carbonyl (C=O) groups is 1. The molecule has 0 bridgehead atoms. The van der Waals surface area contributed by atoms with E-state index in [1.807, 2.05) is 30.3 Å². The minimum Gasteiger partial charge on any atom is -0.492 e. The molecule has 0 atom stereocenters. The molecule has 2 aromatic carbocycles. The molecular weight excluding hydrogens is 439 g/mol. The van der Waals surface area contributed by atoms with E-state index >= 15 is 0 Å². The maximum absolute atomic E-state index is 13.1. The normalized spacial score (nSPS) is 14.4. The molecule has 1 saturated heterocycles. The molecule has 0 saturated carbocycles. The van der Waals surface area contributed by atoms with Crippen molar-refractivity contribution in [3.05, 3.63) is 76.9 Å². The molecule has 7 heteroatoms. The fourth-order valence-corrected chi connectivity index (χ4v) is 4.79. The number of hydrogen-bond donors (Lipinski definition) is 1. The first kappa shape index (κ1) is 23.4. The minimum atomic E-state index is -0.272. The third kappa shape index (κ3) is 6.63. The van der Waals surface area contributed by atoms with Crippen molar-refractivity contribution in [1.82, 2.24) is 10.2 Å². The average Bonchev–Trinajstić information content (AvgIpc) is 3.34. The van der Waals surface area contributed by atoms with Gasteiger partial charge in [-0.25, -0.2) is 4.39 Å². The molecule has 0 aliphatic carbocycles. The summed E-state index contributed by atoms with van der Waals surface area (Å²) in [5.41, 5.74) is 1.88. The number of nitrogens with one attached hydrogen (secondary N) is 1. The fourth-order valence-electron chi connectivity index (χ4n) is 3.86. The van der Waals surface area contributed by atoms with Crippen LogP contribution in [0.3, 0.4) is 0 Å². The Balaban J connectivity index is 1.25. The molecule has 2 heterocycles. The predicted molar refractivity (Wildman–Crippen MR) is 129 cm³/mol. The number of benzene rings is 2. The summed E-state index contributed by atoms with van der Waals surface area (Å²) < 4.78 is 24.5. The summed E-state index contributed by atoms with van der Waals surface area (Å²) in [5, 5.41) is 2.97. The van der Waals surface area contributed by atoms with E-state index in [9.17, 15) is 9.18 Å². The first-order valence-electron chi connectivity index (χ1n) is 11.2. The summed E-state index contributed by atoms with van der Waals surface area (Å²) in [6.07, 6.45) is 2.14. The first-order chi connectivity index (χ1) is 16.1. The molecule has 0 radical (unpaired) electrons. The minimum absolute atomic E-state index is 0.127. The Hall–Kier alpha value is -2.74. The quantitative estimate of drug-likeness (QED) is 0.482. The van der Waals surface area contributed by atoms with Gasteiger partial charge in [-0.1, -0.05) is 24.3 Å². The van der Waals surface area contributed by atoms with Crippen LogP contribution in [0.15, 0.2) is 60.7 Å². The van der Waals surface area contributed by atoms with Gasteiger partial charge in [0, 0.05) is 37.2 Å². The van der Waals surface area contributed by atoms with Gasteiger partial charge in [0.2, 0.25) is 0 Å². The van der Waals surface area contributed by atoms with E-state index in [1.165, 1.54) is 23.5 Å². The maximum Gasteiger partial charge on any atom is 0.261 e. The zero-order valence-corrected chi connectivity index (χ0v) is 19.6. The molecule has 1 amide bonds. The van der Waals surface area contributed by atoms with E-state index in [-0.39, 0.29) is 11.7 Å². The van der Waals surface area contributed by atoms with Crippen LogP contribution >= 0.6 is 11.3 Å². The number of halogens is 1. The second-order valence-electron chi connectivity index (χ2n) is 8.17. The van der Waals surface area contributed by atoms with Crippen LogP contribution in [0, 0.1) is 5.82 Å². The van der Waals surface area contributed by atoms with Crippen LogP contribution in [0.1, 0.15) is 28.1 Å². The van der Waals surface area contributed by atoms with E-state index in [4.69, 9.17) is 9.47 Å². The molecule has 1 aliphatic rings. The van der Waals surface area contributed by atoms with Gasteiger partial charge in [0.25, 0.3) is 5.91 Å². The third-order valence-electron chi connectivity index (χ3n) is 5.84. The van der Waals surface area contributed by atoms with Gasteiger partial charge in [-0.2, -0.15) is 0 Å². The molecule has 5 nitrogen and oxygen atoms in total. The number of nitrogens with zero attached hydrogens (tertiary/aromatic N) is 1. The molecule has 4 rings (SSSR count). The molecule has 1 fully saturated rings. The van der Waals surface area contributed by atoms with Crippen LogP contribution in [0.2, 0.25) is 0 Å². The lowest BCUT2D eigenvalue weighted by Gasteiger charge is -2.31. The van der Waals surface area contributed by atoms with Crippen molar-refractivity contribution in [2.24, 2.45) is 0 Å². The summed E-state index contributed by atoms with van der Waals surface area (Å²) in [5.74, 6) is 0.403. The molecule has 33 heavy (non-hydrogen) atoms. The standard InChI is InChI=1S/C26H29FN2O3S/c1-29(22-11-14-31-15-12-22)13-16-32-23-4-2-3-19(17-23)18-28-26(30)25-10-9-24(33-25)20-5-7-21(27)8-6-20/h2-10,17,22H,11-16,18H2,1H3,(H,28,30). The van der Waals surface area contributed by atoms with Crippen LogP contribution in [0.5, 0.6) is 5.75 Å². The van der Waals surface area contributed by atoms with Crippen LogP contribution in [-0.4, -0.2) is 50.3 Å². The van der Waals surface area contributed by atoms with E-state index in [0.29, 0.717) is 24.1 Å². The van der Waals surface area contributed by atoms with Gasteiger partial charge in [0.05, 0.1) is 4.88 Å². The van der Waals surface area contributed by atoms with Gasteiger partial charge in [0.15, 0.2) is 0 Å². The topological polar surface area (TPSA) is 50.8 Å². The summed E-state index contributed by atoms with van der Waals surface area (Å²) in [6.45, 7) is 3.57. The van der Waals surface area contributed by atoms with Gasteiger partial charge in [-0.15, -0.1) is 11.3 Å².